The van der Waals surface area contributed by atoms with Gasteiger partial charge in [0, 0.05) is 24.1 Å². The summed E-state index contributed by atoms with van der Waals surface area (Å²) in [5.41, 5.74) is 9.39. The van der Waals surface area contributed by atoms with Gasteiger partial charge >= 0.3 is 0 Å². The molecular formula is C23H28N4O5. The van der Waals surface area contributed by atoms with Gasteiger partial charge in [-0.2, -0.15) is 0 Å². The van der Waals surface area contributed by atoms with Crippen LogP contribution in [0, 0.1) is 0 Å². The van der Waals surface area contributed by atoms with Crippen LogP contribution in [-0.2, 0) is 6.54 Å². The second kappa shape index (κ2) is 10.7. The zero-order valence-corrected chi connectivity index (χ0v) is 18.1. The highest BCUT2D eigenvalue weighted by Gasteiger charge is 2.32. The third kappa shape index (κ3) is 5.63. The highest BCUT2D eigenvalue weighted by Crippen LogP contribution is 2.44. The van der Waals surface area contributed by atoms with Crippen LogP contribution in [-0.4, -0.2) is 46.1 Å². The minimum absolute atomic E-state index is 0.0568. The van der Waals surface area contributed by atoms with Crippen LogP contribution >= 0.6 is 0 Å². The number of unbranched alkanes of at least 4 members (excludes halogenated alkanes) is 3. The Labute approximate surface area is 186 Å². The number of Topliss-reactive ketones (excluding diaryl/α,β-unsaturated/α-hetero) is 1. The number of hydrogen-bond donors (Lipinski definition) is 3. The van der Waals surface area contributed by atoms with E-state index in [9.17, 15) is 20.1 Å². The Balaban J connectivity index is 1.65. The van der Waals surface area contributed by atoms with Gasteiger partial charge in [-0.1, -0.05) is 30.1 Å². The zero-order valence-electron chi connectivity index (χ0n) is 18.1. The highest BCUT2D eigenvalue weighted by molar-refractivity contribution is 6.03. The Morgan fingerprint density at radius 1 is 1.16 bits per heavy atom. The average molecular weight is 441 g/mol. The number of azide groups is 1. The van der Waals surface area contributed by atoms with Gasteiger partial charge in [-0.15, -0.1) is 0 Å². The van der Waals surface area contributed by atoms with E-state index in [4.69, 9.17) is 10.3 Å². The van der Waals surface area contributed by atoms with E-state index in [-0.39, 0.29) is 40.8 Å². The summed E-state index contributed by atoms with van der Waals surface area (Å²) < 4.78 is 5.90. The van der Waals surface area contributed by atoms with E-state index < -0.39 is 6.10 Å². The molecule has 0 saturated carbocycles. The van der Waals surface area contributed by atoms with E-state index in [1.807, 2.05) is 11.9 Å². The monoisotopic (exact) mass is 440 g/mol. The van der Waals surface area contributed by atoms with Crippen molar-refractivity contribution in [1.29, 1.82) is 0 Å². The largest absolute Gasteiger partial charge is 0.508 e. The smallest absolute Gasteiger partial charge is 0.174 e. The second-order valence-electron chi connectivity index (χ2n) is 8.03. The lowest BCUT2D eigenvalue weighted by atomic mass is 9.93. The maximum absolute atomic E-state index is 12.8. The summed E-state index contributed by atoms with van der Waals surface area (Å²) in [6.07, 6.45) is 3.24. The van der Waals surface area contributed by atoms with Crippen molar-refractivity contribution >= 4 is 5.78 Å². The number of phenolic OH excluding ortho intramolecular Hbond substituents is 3. The molecule has 1 aliphatic heterocycles. The third-order valence-electron chi connectivity index (χ3n) is 5.57. The summed E-state index contributed by atoms with van der Waals surface area (Å²) in [6, 6.07) is 7.79. The van der Waals surface area contributed by atoms with E-state index in [1.165, 1.54) is 18.2 Å². The first kappa shape index (κ1) is 23.2. The third-order valence-corrected chi connectivity index (χ3v) is 5.57. The maximum Gasteiger partial charge on any atom is 0.174 e. The van der Waals surface area contributed by atoms with Crippen LogP contribution < -0.4 is 4.74 Å². The SMILES string of the molecule is CN(CCCCCCN=[N+]=[N-])Cc1c(O)cc2c(c1O)C(=O)CC(c1ccc(O)cc1)O2. The number of aromatic hydroxyl groups is 3. The minimum Gasteiger partial charge on any atom is -0.508 e. The number of phenols is 3. The Morgan fingerprint density at radius 2 is 1.88 bits per heavy atom. The molecular weight excluding hydrogens is 412 g/mol. The van der Waals surface area contributed by atoms with Crippen molar-refractivity contribution in [2.45, 2.75) is 44.8 Å². The molecule has 170 valence electrons. The number of ketones is 1. The van der Waals surface area contributed by atoms with Gasteiger partial charge in [-0.3, -0.25) is 4.79 Å². The fraction of sp³-hybridized carbons (Fsp3) is 0.435. The van der Waals surface area contributed by atoms with Crippen molar-refractivity contribution in [3.8, 4) is 23.0 Å². The molecule has 0 spiro atoms. The molecule has 32 heavy (non-hydrogen) atoms. The molecule has 0 amide bonds. The van der Waals surface area contributed by atoms with Gasteiger partial charge in [0.05, 0.1) is 12.0 Å². The van der Waals surface area contributed by atoms with Gasteiger partial charge in [-0.05, 0) is 49.7 Å². The van der Waals surface area contributed by atoms with Gasteiger partial charge in [0.1, 0.15) is 34.7 Å². The topological polar surface area (TPSA) is 139 Å². The van der Waals surface area contributed by atoms with E-state index in [1.54, 1.807) is 12.1 Å². The van der Waals surface area contributed by atoms with Crippen LogP contribution in [0.4, 0.5) is 0 Å². The summed E-state index contributed by atoms with van der Waals surface area (Å²) in [4.78, 5) is 17.5. The van der Waals surface area contributed by atoms with Gasteiger partial charge < -0.3 is 25.0 Å². The Morgan fingerprint density at radius 3 is 2.59 bits per heavy atom. The quantitative estimate of drug-likeness (QED) is 0.210. The van der Waals surface area contributed by atoms with Gasteiger partial charge in [0.15, 0.2) is 5.78 Å². The molecule has 3 N–H and O–H groups in total. The summed E-state index contributed by atoms with van der Waals surface area (Å²) in [5, 5.41) is 34.2. The van der Waals surface area contributed by atoms with Crippen LogP contribution in [0.2, 0.25) is 0 Å². The van der Waals surface area contributed by atoms with Gasteiger partial charge in [0.25, 0.3) is 0 Å². The van der Waals surface area contributed by atoms with Crippen molar-refractivity contribution in [2.75, 3.05) is 20.1 Å². The van der Waals surface area contributed by atoms with E-state index in [2.05, 4.69) is 10.0 Å². The Kier molecular flexibility index (Phi) is 7.81. The van der Waals surface area contributed by atoms with Crippen LogP contribution in [0.3, 0.4) is 0 Å². The fourth-order valence-electron chi connectivity index (χ4n) is 3.84. The van der Waals surface area contributed by atoms with Crippen LogP contribution in [0.25, 0.3) is 10.4 Å². The van der Waals surface area contributed by atoms with Gasteiger partial charge in [-0.25, -0.2) is 0 Å². The number of rotatable bonds is 10. The fourth-order valence-corrected chi connectivity index (χ4v) is 3.84. The molecule has 9 heteroatoms. The van der Waals surface area contributed by atoms with Crippen LogP contribution in [0.1, 0.15) is 59.7 Å². The maximum atomic E-state index is 12.8. The molecule has 0 aliphatic carbocycles. The number of hydrogen-bond acceptors (Lipinski definition) is 7. The molecule has 1 aliphatic rings. The van der Waals surface area contributed by atoms with E-state index in [0.717, 1.165) is 37.8 Å². The molecule has 2 aromatic rings. The summed E-state index contributed by atoms with van der Waals surface area (Å²) >= 11 is 0. The first-order valence-corrected chi connectivity index (χ1v) is 10.7. The molecule has 0 aromatic heterocycles. The number of fused-ring (bicyclic) bond motifs is 1. The number of benzene rings is 2. The van der Waals surface area contributed by atoms with Crippen LogP contribution in [0.5, 0.6) is 23.0 Å². The predicted octanol–water partition coefficient (Wildman–Crippen LogP) is 4.81. The summed E-state index contributed by atoms with van der Waals surface area (Å²) in [6.45, 7) is 1.55. The van der Waals surface area contributed by atoms with Crippen molar-refractivity contribution in [2.24, 2.45) is 5.11 Å². The molecule has 0 bridgehead atoms. The normalized spacial score (nSPS) is 15.2. The lowest BCUT2D eigenvalue weighted by Gasteiger charge is -2.28. The highest BCUT2D eigenvalue weighted by atomic mass is 16.5. The number of ether oxygens (including phenoxy) is 1. The standard InChI is InChI=1S/C23H28N4O5/c1-27(11-5-3-2-4-10-25-26-24)14-17-18(29)12-21-22(23(17)31)19(30)13-20(32-21)15-6-8-16(28)9-7-15/h6-9,12,20,28-29,31H,2-5,10-11,13-14H2,1H3. The number of carbonyl (C=O) groups excluding carboxylic acids is 1. The molecule has 3 rings (SSSR count). The molecule has 0 radical (unpaired) electrons. The van der Waals surface area contributed by atoms with Crippen molar-refractivity contribution < 1.29 is 24.9 Å². The zero-order chi connectivity index (χ0) is 23.1. The van der Waals surface area contributed by atoms with Crippen molar-refractivity contribution in [3.63, 3.8) is 0 Å². The van der Waals surface area contributed by atoms with Crippen molar-refractivity contribution in [1.82, 2.24) is 4.90 Å². The molecule has 1 unspecified atom stereocenters. The number of nitrogens with zero attached hydrogens (tertiary/aromatic N) is 4. The van der Waals surface area contributed by atoms with Gasteiger partial charge in [0.2, 0.25) is 0 Å². The molecule has 9 nitrogen and oxygen atoms in total. The minimum atomic E-state index is -0.554. The second-order valence-corrected chi connectivity index (χ2v) is 8.03. The molecule has 1 heterocycles. The average Bonchev–Trinajstić information content (AvgIpc) is 2.76. The molecule has 1 atom stereocenters. The van der Waals surface area contributed by atoms with E-state index in [0.29, 0.717) is 18.7 Å². The first-order valence-electron chi connectivity index (χ1n) is 10.7. The molecule has 0 fully saturated rings. The summed E-state index contributed by atoms with van der Waals surface area (Å²) in [5.74, 6) is -0.350. The van der Waals surface area contributed by atoms with Crippen LogP contribution in [0.15, 0.2) is 35.4 Å². The lowest BCUT2D eigenvalue weighted by Crippen LogP contribution is -2.22. The number of carbonyl (C=O) groups is 1. The summed E-state index contributed by atoms with van der Waals surface area (Å²) in [7, 11) is 1.89. The first-order chi connectivity index (χ1) is 15.4. The lowest BCUT2D eigenvalue weighted by molar-refractivity contribution is 0.0844. The predicted molar refractivity (Wildman–Crippen MR) is 119 cm³/mol. The Bertz CT molecular complexity index is 1000. The molecule has 2 aromatic carbocycles. The van der Waals surface area contributed by atoms with Crippen molar-refractivity contribution in [3.05, 3.63) is 57.5 Å². The molecule has 0 saturated heterocycles. The Hall–Kier alpha value is -3.42. The van der Waals surface area contributed by atoms with E-state index >= 15 is 0 Å².